The van der Waals surface area contributed by atoms with E-state index in [9.17, 15) is 4.79 Å². The highest BCUT2D eigenvalue weighted by Crippen LogP contribution is 2.26. The Morgan fingerprint density at radius 3 is 2.94 bits per heavy atom. The summed E-state index contributed by atoms with van der Waals surface area (Å²) in [5.41, 5.74) is 1.36. The first-order chi connectivity index (χ1) is 8.31. The summed E-state index contributed by atoms with van der Waals surface area (Å²) in [4.78, 5) is 13.8. The molecule has 2 fully saturated rings. The lowest BCUT2D eigenvalue weighted by Gasteiger charge is -2.34. The van der Waals surface area contributed by atoms with E-state index in [4.69, 9.17) is 0 Å². The molecule has 3 rings (SSSR count). The number of fused-ring (bicyclic) bond motifs is 1. The Morgan fingerprint density at radius 1 is 1.29 bits per heavy atom. The summed E-state index contributed by atoms with van der Waals surface area (Å²) in [6, 6.07) is 11.0. The average Bonchev–Trinajstić information content (AvgIpc) is 2.70. The number of rotatable bonds is 2. The minimum atomic E-state index is 0.238. The molecule has 0 radical (unpaired) electrons. The van der Waals surface area contributed by atoms with Gasteiger partial charge in [-0.05, 0) is 12.0 Å². The third-order valence-corrected chi connectivity index (χ3v) is 3.86. The number of hydrogen-bond acceptors (Lipinski definition) is 2. The highest BCUT2D eigenvalue weighted by molar-refractivity contribution is 5.79. The van der Waals surface area contributed by atoms with Gasteiger partial charge in [0.25, 0.3) is 0 Å². The lowest BCUT2D eigenvalue weighted by Crippen LogP contribution is -2.44. The number of nitrogens with zero attached hydrogens (tertiary/aromatic N) is 1. The molecule has 3 nitrogen and oxygen atoms in total. The lowest BCUT2D eigenvalue weighted by atomic mass is 9.93. The Morgan fingerprint density at radius 2 is 2.12 bits per heavy atom. The topological polar surface area (TPSA) is 32.3 Å². The first kappa shape index (κ1) is 10.8. The fourth-order valence-corrected chi connectivity index (χ4v) is 2.99. The average molecular weight is 230 g/mol. The zero-order chi connectivity index (χ0) is 11.7. The third-order valence-electron chi connectivity index (χ3n) is 3.86. The van der Waals surface area contributed by atoms with Crippen molar-refractivity contribution in [1.82, 2.24) is 10.2 Å². The number of hydrogen-bond donors (Lipinski definition) is 1. The maximum atomic E-state index is 11.3. The number of carbonyl (C=O) groups is 1. The molecule has 0 aromatic heterocycles. The van der Waals surface area contributed by atoms with Crippen LogP contribution in [0.3, 0.4) is 0 Å². The monoisotopic (exact) mass is 230 g/mol. The molecule has 1 N–H and O–H groups in total. The van der Waals surface area contributed by atoms with Gasteiger partial charge < -0.3 is 5.32 Å². The maximum absolute atomic E-state index is 11.3. The zero-order valence-electron chi connectivity index (χ0n) is 9.93. The van der Waals surface area contributed by atoms with Crippen molar-refractivity contribution in [2.24, 2.45) is 5.92 Å². The van der Waals surface area contributed by atoms with Crippen molar-refractivity contribution in [2.45, 2.75) is 25.4 Å². The Kier molecular flexibility index (Phi) is 2.85. The van der Waals surface area contributed by atoms with Crippen LogP contribution in [0.5, 0.6) is 0 Å². The van der Waals surface area contributed by atoms with E-state index in [0.29, 0.717) is 12.0 Å². The number of amides is 1. The van der Waals surface area contributed by atoms with Gasteiger partial charge in [0.1, 0.15) is 0 Å². The van der Waals surface area contributed by atoms with Crippen LogP contribution in [-0.4, -0.2) is 29.9 Å². The van der Waals surface area contributed by atoms with Crippen molar-refractivity contribution in [1.29, 1.82) is 0 Å². The first-order valence-corrected chi connectivity index (χ1v) is 6.37. The van der Waals surface area contributed by atoms with Crippen LogP contribution in [0.25, 0.3) is 0 Å². The van der Waals surface area contributed by atoms with Crippen molar-refractivity contribution in [3.05, 3.63) is 35.9 Å². The largest absolute Gasteiger partial charge is 0.353 e. The van der Waals surface area contributed by atoms with E-state index in [1.807, 2.05) is 0 Å². The van der Waals surface area contributed by atoms with Crippen LogP contribution in [0.15, 0.2) is 30.3 Å². The van der Waals surface area contributed by atoms with Gasteiger partial charge in [0.15, 0.2) is 0 Å². The molecule has 2 saturated heterocycles. The van der Waals surface area contributed by atoms with E-state index in [-0.39, 0.29) is 5.91 Å². The number of benzene rings is 1. The molecule has 2 aliphatic heterocycles. The van der Waals surface area contributed by atoms with E-state index in [1.165, 1.54) is 5.56 Å². The highest BCUT2D eigenvalue weighted by Gasteiger charge is 2.36. The molecule has 1 aromatic carbocycles. The maximum Gasteiger partial charge on any atom is 0.220 e. The molecule has 0 spiro atoms. The van der Waals surface area contributed by atoms with E-state index in [1.54, 1.807) is 0 Å². The molecule has 0 saturated carbocycles. The molecule has 1 aromatic rings. The van der Waals surface area contributed by atoms with Gasteiger partial charge in [0, 0.05) is 38.0 Å². The minimum Gasteiger partial charge on any atom is -0.353 e. The van der Waals surface area contributed by atoms with E-state index >= 15 is 0 Å². The second-order valence-corrected chi connectivity index (χ2v) is 5.15. The lowest BCUT2D eigenvalue weighted by molar-refractivity contribution is -0.119. The van der Waals surface area contributed by atoms with Crippen LogP contribution >= 0.6 is 0 Å². The van der Waals surface area contributed by atoms with Crippen LogP contribution in [0.4, 0.5) is 0 Å². The summed E-state index contributed by atoms with van der Waals surface area (Å²) in [7, 11) is 0. The molecular weight excluding hydrogens is 212 g/mol. The van der Waals surface area contributed by atoms with Gasteiger partial charge in [0.2, 0.25) is 5.91 Å². The molecule has 1 amide bonds. The van der Waals surface area contributed by atoms with Gasteiger partial charge in [-0.2, -0.15) is 0 Å². The standard InChI is InChI=1S/C14H18N2O/c17-14-8-12-10-16(7-6-13(12)15-14)9-11-4-2-1-3-5-11/h1-5,12-13H,6-10H2,(H,15,17)/t12-,13+/m0/s1. The van der Waals surface area contributed by atoms with Crippen LogP contribution in [0.2, 0.25) is 0 Å². The van der Waals surface area contributed by atoms with Crippen LogP contribution in [-0.2, 0) is 11.3 Å². The molecule has 0 aliphatic carbocycles. The summed E-state index contributed by atoms with van der Waals surface area (Å²) in [5.74, 6) is 0.765. The van der Waals surface area contributed by atoms with Gasteiger partial charge in [-0.3, -0.25) is 9.69 Å². The first-order valence-electron chi connectivity index (χ1n) is 6.37. The molecule has 0 unspecified atom stereocenters. The number of piperidine rings is 1. The summed E-state index contributed by atoms with van der Waals surface area (Å²) in [6.07, 6.45) is 1.82. The van der Waals surface area contributed by atoms with E-state index < -0.39 is 0 Å². The Bertz CT molecular complexity index is 404. The van der Waals surface area contributed by atoms with Crippen molar-refractivity contribution in [3.8, 4) is 0 Å². The Balaban J connectivity index is 1.61. The second kappa shape index (κ2) is 4.49. The van der Waals surface area contributed by atoms with Gasteiger partial charge in [0.05, 0.1) is 0 Å². The molecule has 2 heterocycles. The summed E-state index contributed by atoms with van der Waals surface area (Å²) in [5, 5.41) is 3.07. The normalized spacial score (nSPS) is 28.8. The van der Waals surface area contributed by atoms with Crippen molar-refractivity contribution in [3.63, 3.8) is 0 Å². The predicted octanol–water partition coefficient (Wildman–Crippen LogP) is 1.40. The summed E-state index contributed by atoms with van der Waals surface area (Å²) in [6.45, 7) is 3.16. The highest BCUT2D eigenvalue weighted by atomic mass is 16.2. The predicted molar refractivity (Wildman–Crippen MR) is 66.4 cm³/mol. The molecule has 90 valence electrons. The van der Waals surface area contributed by atoms with Crippen LogP contribution in [0.1, 0.15) is 18.4 Å². The Labute approximate surface area is 102 Å². The van der Waals surface area contributed by atoms with Gasteiger partial charge in [-0.1, -0.05) is 30.3 Å². The smallest absolute Gasteiger partial charge is 0.220 e. The quantitative estimate of drug-likeness (QED) is 0.833. The summed E-state index contributed by atoms with van der Waals surface area (Å²) < 4.78 is 0. The SMILES string of the molecule is O=C1C[C@H]2CN(Cc3ccccc3)CC[C@H]2N1. The molecular formula is C14H18N2O. The molecule has 17 heavy (non-hydrogen) atoms. The van der Waals surface area contributed by atoms with Gasteiger partial charge in [-0.15, -0.1) is 0 Å². The summed E-state index contributed by atoms with van der Waals surface area (Å²) >= 11 is 0. The number of nitrogens with one attached hydrogen (secondary N) is 1. The van der Waals surface area contributed by atoms with E-state index in [0.717, 1.165) is 32.5 Å². The fraction of sp³-hybridized carbons (Fsp3) is 0.500. The van der Waals surface area contributed by atoms with Crippen LogP contribution < -0.4 is 5.32 Å². The zero-order valence-corrected chi connectivity index (χ0v) is 9.93. The van der Waals surface area contributed by atoms with Crippen molar-refractivity contribution < 1.29 is 4.79 Å². The molecule has 2 aliphatic rings. The second-order valence-electron chi connectivity index (χ2n) is 5.15. The van der Waals surface area contributed by atoms with Gasteiger partial charge in [-0.25, -0.2) is 0 Å². The molecule has 0 bridgehead atoms. The number of likely N-dealkylation sites (tertiary alicyclic amines) is 1. The third kappa shape index (κ3) is 2.34. The van der Waals surface area contributed by atoms with Crippen molar-refractivity contribution in [2.75, 3.05) is 13.1 Å². The van der Waals surface area contributed by atoms with Crippen molar-refractivity contribution >= 4 is 5.91 Å². The Hall–Kier alpha value is -1.35. The fourth-order valence-electron chi connectivity index (χ4n) is 2.99. The minimum absolute atomic E-state index is 0.238. The molecule has 2 atom stereocenters. The van der Waals surface area contributed by atoms with E-state index in [2.05, 4.69) is 40.5 Å². The van der Waals surface area contributed by atoms with Gasteiger partial charge >= 0.3 is 0 Å². The van der Waals surface area contributed by atoms with Crippen LogP contribution in [0, 0.1) is 5.92 Å². The molecule has 3 heteroatoms. The number of carbonyl (C=O) groups excluding carboxylic acids is 1.